The van der Waals surface area contributed by atoms with Crippen LogP contribution in [-0.4, -0.2) is 82.5 Å². The molecular formula is C21H25N5OS. The van der Waals surface area contributed by atoms with Gasteiger partial charge in [0.05, 0.1) is 16.7 Å². The fourth-order valence-corrected chi connectivity index (χ4v) is 5.37. The minimum Gasteiger partial charge on any atom is -0.356 e. The minimum absolute atomic E-state index is 0.133. The Labute approximate surface area is 170 Å². The highest BCUT2D eigenvalue weighted by Gasteiger charge is 2.34. The topological polar surface area (TPSA) is 52.0 Å². The molecule has 1 amide bonds. The molecular weight excluding hydrogens is 370 g/mol. The molecule has 5 rings (SSSR count). The van der Waals surface area contributed by atoms with Crippen molar-refractivity contribution in [1.29, 1.82) is 0 Å². The van der Waals surface area contributed by atoms with Gasteiger partial charge in [-0.05, 0) is 30.0 Å². The van der Waals surface area contributed by atoms with Gasteiger partial charge in [0.15, 0.2) is 0 Å². The van der Waals surface area contributed by atoms with Crippen LogP contribution in [0.1, 0.15) is 15.9 Å². The number of nitrogens with zero attached hydrogens (tertiary/aromatic N) is 5. The molecule has 6 nitrogen and oxygen atoms in total. The molecule has 0 bridgehead atoms. The number of carbonyl (C=O) groups is 1. The van der Waals surface area contributed by atoms with Crippen molar-refractivity contribution in [3.63, 3.8) is 0 Å². The summed E-state index contributed by atoms with van der Waals surface area (Å²) in [6.07, 6.45) is 13.2. The van der Waals surface area contributed by atoms with Crippen molar-refractivity contribution in [3.8, 4) is 0 Å². The van der Waals surface area contributed by atoms with Gasteiger partial charge in [0, 0.05) is 58.2 Å². The smallest absolute Gasteiger partial charge is 0.255 e. The van der Waals surface area contributed by atoms with Crippen LogP contribution in [0.25, 0.3) is 0 Å². The highest BCUT2D eigenvalue weighted by atomic mass is 32.2. The summed E-state index contributed by atoms with van der Waals surface area (Å²) in [5.41, 5.74) is 1.91. The second kappa shape index (κ2) is 7.72. The van der Waals surface area contributed by atoms with E-state index in [1.165, 1.54) is 5.84 Å². The lowest BCUT2D eigenvalue weighted by Gasteiger charge is -2.38. The summed E-state index contributed by atoms with van der Waals surface area (Å²) >= 11 is 1.70. The molecule has 1 aliphatic carbocycles. The molecule has 7 heteroatoms. The van der Waals surface area contributed by atoms with E-state index in [1.807, 2.05) is 11.0 Å². The summed E-state index contributed by atoms with van der Waals surface area (Å²) < 4.78 is 4.76. The van der Waals surface area contributed by atoms with Gasteiger partial charge in [-0.1, -0.05) is 24.3 Å². The number of hydrogen-bond acceptors (Lipinski definition) is 6. The third-order valence-electron chi connectivity index (χ3n) is 6.11. The van der Waals surface area contributed by atoms with Crippen LogP contribution >= 0.6 is 11.9 Å². The number of rotatable bonds is 3. The molecule has 2 unspecified atom stereocenters. The molecule has 3 aliphatic heterocycles. The number of allylic oxidation sites excluding steroid dienone is 2. The average Bonchev–Trinajstić information content (AvgIpc) is 3.18. The van der Waals surface area contributed by atoms with Crippen molar-refractivity contribution < 1.29 is 4.79 Å². The van der Waals surface area contributed by atoms with Crippen LogP contribution in [-0.2, 0) is 6.42 Å². The van der Waals surface area contributed by atoms with Crippen LogP contribution in [0.5, 0.6) is 0 Å². The number of pyridine rings is 1. The summed E-state index contributed by atoms with van der Waals surface area (Å²) in [6.45, 7) is 6.63. The van der Waals surface area contributed by atoms with Crippen LogP contribution in [0.3, 0.4) is 0 Å². The first-order chi connectivity index (χ1) is 13.8. The van der Waals surface area contributed by atoms with E-state index < -0.39 is 0 Å². The first-order valence-corrected chi connectivity index (χ1v) is 10.9. The largest absolute Gasteiger partial charge is 0.356 e. The predicted octanol–water partition coefficient (Wildman–Crippen LogP) is 1.87. The number of fused-ring (bicyclic) bond motifs is 2. The standard InChI is InChI=1S/C21H25N5OS/c27-21-18-15-22-7-5-16(18)6-8-26(21)14-11-24-9-12-25(13-10-24)20-17-3-1-2-4-19(17)28-23-20/h1-5,7,15,17,19H,6,8-14H2. The van der Waals surface area contributed by atoms with E-state index in [4.69, 9.17) is 4.40 Å². The Morgan fingerprint density at radius 3 is 2.82 bits per heavy atom. The molecule has 1 saturated heterocycles. The quantitative estimate of drug-likeness (QED) is 0.732. The van der Waals surface area contributed by atoms with Gasteiger partial charge in [0.25, 0.3) is 5.91 Å². The number of hydrogen-bond donors (Lipinski definition) is 0. The average molecular weight is 396 g/mol. The van der Waals surface area contributed by atoms with Gasteiger partial charge >= 0.3 is 0 Å². The second-order valence-corrected chi connectivity index (χ2v) is 8.66. The molecule has 1 fully saturated rings. The van der Waals surface area contributed by atoms with E-state index in [0.717, 1.165) is 63.4 Å². The molecule has 0 saturated carbocycles. The van der Waals surface area contributed by atoms with Gasteiger partial charge in [-0.3, -0.25) is 14.7 Å². The van der Waals surface area contributed by atoms with Crippen molar-refractivity contribution in [2.45, 2.75) is 11.7 Å². The molecule has 1 aromatic rings. The normalized spacial score (nSPS) is 27.0. The Morgan fingerprint density at radius 2 is 1.93 bits per heavy atom. The van der Waals surface area contributed by atoms with Crippen molar-refractivity contribution >= 4 is 23.7 Å². The molecule has 146 valence electrons. The van der Waals surface area contributed by atoms with Crippen molar-refractivity contribution in [1.82, 2.24) is 19.7 Å². The number of piperazine rings is 1. The predicted molar refractivity (Wildman–Crippen MR) is 112 cm³/mol. The van der Waals surface area contributed by atoms with Crippen LogP contribution in [0.15, 0.2) is 47.2 Å². The van der Waals surface area contributed by atoms with Gasteiger partial charge in [-0.25, -0.2) is 4.40 Å². The van der Waals surface area contributed by atoms with Gasteiger partial charge < -0.3 is 9.80 Å². The summed E-state index contributed by atoms with van der Waals surface area (Å²) in [5, 5.41) is 0.473. The molecule has 0 aromatic carbocycles. The highest BCUT2D eigenvalue weighted by Crippen LogP contribution is 2.35. The first kappa shape index (κ1) is 17.9. The Bertz CT molecular complexity index is 843. The summed E-state index contributed by atoms with van der Waals surface area (Å²) in [7, 11) is 0. The van der Waals surface area contributed by atoms with E-state index in [-0.39, 0.29) is 5.91 Å². The fourth-order valence-electron chi connectivity index (χ4n) is 4.40. The van der Waals surface area contributed by atoms with Gasteiger partial charge in [-0.2, -0.15) is 0 Å². The number of carbonyl (C=O) groups excluding carboxylic acids is 1. The Hall–Kier alpha value is -2.12. The van der Waals surface area contributed by atoms with Gasteiger partial charge in [-0.15, -0.1) is 0 Å². The second-order valence-electron chi connectivity index (χ2n) is 7.72. The Morgan fingerprint density at radius 1 is 1.07 bits per heavy atom. The van der Waals surface area contributed by atoms with E-state index in [9.17, 15) is 4.79 Å². The summed E-state index contributed by atoms with van der Waals surface area (Å²) in [5.74, 6) is 1.81. The van der Waals surface area contributed by atoms with Crippen molar-refractivity contribution in [2.24, 2.45) is 10.3 Å². The van der Waals surface area contributed by atoms with E-state index >= 15 is 0 Å². The maximum absolute atomic E-state index is 12.7. The third kappa shape index (κ3) is 3.37. The molecule has 28 heavy (non-hydrogen) atoms. The van der Waals surface area contributed by atoms with Crippen LogP contribution in [0.2, 0.25) is 0 Å². The monoisotopic (exact) mass is 395 g/mol. The van der Waals surface area contributed by atoms with Crippen molar-refractivity contribution in [2.75, 3.05) is 45.8 Å². The number of amides is 1. The van der Waals surface area contributed by atoms with Gasteiger partial charge in [0.2, 0.25) is 0 Å². The van der Waals surface area contributed by atoms with E-state index in [0.29, 0.717) is 11.2 Å². The first-order valence-electron chi connectivity index (χ1n) is 10.1. The summed E-state index contributed by atoms with van der Waals surface area (Å²) in [4.78, 5) is 23.7. The maximum atomic E-state index is 12.7. The van der Waals surface area contributed by atoms with E-state index in [1.54, 1.807) is 24.3 Å². The van der Waals surface area contributed by atoms with Crippen LogP contribution in [0.4, 0.5) is 0 Å². The van der Waals surface area contributed by atoms with Crippen molar-refractivity contribution in [3.05, 3.63) is 53.9 Å². The summed E-state index contributed by atoms with van der Waals surface area (Å²) in [6, 6.07) is 1.97. The molecule has 0 N–H and O–H groups in total. The third-order valence-corrected chi connectivity index (χ3v) is 7.10. The SMILES string of the molecule is O=C1c2cnccc2CCN1CCN1CCN(C2=NSC3C=CC=CC23)CC1. The molecule has 0 spiro atoms. The Balaban J connectivity index is 1.12. The highest BCUT2D eigenvalue weighted by molar-refractivity contribution is 7.99. The zero-order valence-electron chi connectivity index (χ0n) is 15.9. The van der Waals surface area contributed by atoms with Crippen LogP contribution in [0, 0.1) is 5.92 Å². The molecule has 0 radical (unpaired) electrons. The molecule has 4 aliphatic rings. The lowest BCUT2D eigenvalue weighted by molar-refractivity contribution is 0.0705. The number of aromatic nitrogens is 1. The van der Waals surface area contributed by atoms with E-state index in [2.05, 4.69) is 39.1 Å². The minimum atomic E-state index is 0.133. The zero-order chi connectivity index (χ0) is 18.9. The van der Waals surface area contributed by atoms with Crippen LogP contribution < -0.4 is 0 Å². The Kier molecular flexibility index (Phi) is 4.94. The zero-order valence-corrected chi connectivity index (χ0v) is 16.7. The molecule has 2 atom stereocenters. The fraction of sp³-hybridized carbons (Fsp3) is 0.476. The van der Waals surface area contributed by atoms with Gasteiger partial charge in [0.1, 0.15) is 5.84 Å². The maximum Gasteiger partial charge on any atom is 0.255 e. The molecule has 1 aromatic heterocycles. The lowest BCUT2D eigenvalue weighted by atomic mass is 9.98. The number of amidine groups is 1. The molecule has 4 heterocycles. The lowest BCUT2D eigenvalue weighted by Crippen LogP contribution is -2.52.